The van der Waals surface area contributed by atoms with Gasteiger partial charge in [-0.15, -0.1) is 0 Å². The first-order chi connectivity index (χ1) is 7.13. The van der Waals surface area contributed by atoms with Gasteiger partial charge < -0.3 is 10.1 Å². The number of esters is 1. The van der Waals surface area contributed by atoms with Gasteiger partial charge in [0, 0.05) is 17.8 Å². The second-order valence-corrected chi connectivity index (χ2v) is 2.73. The Bertz CT molecular complexity index is 361. The predicted octanol–water partition coefficient (Wildman–Crippen LogP) is 1.18. The maximum absolute atomic E-state index is 10.8. The fourth-order valence-electron chi connectivity index (χ4n) is 0.947. The number of carbonyl (C=O) groups excluding carboxylic acids is 1. The number of carbonyl (C=O) groups is 1. The van der Waals surface area contributed by atoms with E-state index in [2.05, 4.69) is 10.1 Å². The third-order valence-electron chi connectivity index (χ3n) is 1.74. The summed E-state index contributed by atoms with van der Waals surface area (Å²) in [5, 5.41) is 13.1. The SMILES string of the molecule is COC(=O)CNc1ccc([N+](=O)[O-])cc1. The van der Waals surface area contributed by atoms with Crippen LogP contribution in [0.1, 0.15) is 0 Å². The topological polar surface area (TPSA) is 81.5 Å². The number of rotatable bonds is 4. The summed E-state index contributed by atoms with van der Waals surface area (Å²) in [7, 11) is 1.29. The van der Waals surface area contributed by atoms with Crippen LogP contribution < -0.4 is 5.32 Å². The van der Waals surface area contributed by atoms with Crippen LogP contribution in [0.15, 0.2) is 24.3 Å². The second-order valence-electron chi connectivity index (χ2n) is 2.73. The van der Waals surface area contributed by atoms with Crippen LogP contribution in [0.25, 0.3) is 0 Å². The Morgan fingerprint density at radius 1 is 1.47 bits per heavy atom. The Morgan fingerprint density at radius 2 is 2.07 bits per heavy atom. The maximum atomic E-state index is 10.8. The quantitative estimate of drug-likeness (QED) is 0.458. The molecule has 0 unspecified atom stereocenters. The average molecular weight is 210 g/mol. The van der Waals surface area contributed by atoms with E-state index in [1.165, 1.54) is 31.4 Å². The van der Waals surface area contributed by atoms with Gasteiger partial charge in [0.05, 0.1) is 12.0 Å². The number of benzene rings is 1. The number of hydrogen-bond donors (Lipinski definition) is 1. The molecule has 0 amide bonds. The Morgan fingerprint density at radius 3 is 2.53 bits per heavy atom. The lowest BCUT2D eigenvalue weighted by Gasteiger charge is -2.03. The van der Waals surface area contributed by atoms with Crippen LogP contribution in [0, 0.1) is 10.1 Å². The van der Waals surface area contributed by atoms with Gasteiger partial charge in [0.2, 0.25) is 0 Å². The smallest absolute Gasteiger partial charge is 0.325 e. The van der Waals surface area contributed by atoms with Gasteiger partial charge in [-0.2, -0.15) is 0 Å². The molecule has 6 heteroatoms. The fourth-order valence-corrected chi connectivity index (χ4v) is 0.947. The van der Waals surface area contributed by atoms with E-state index < -0.39 is 10.9 Å². The van der Waals surface area contributed by atoms with E-state index in [1.54, 1.807) is 0 Å². The van der Waals surface area contributed by atoms with Gasteiger partial charge in [-0.3, -0.25) is 14.9 Å². The van der Waals surface area contributed by atoms with E-state index in [-0.39, 0.29) is 12.2 Å². The van der Waals surface area contributed by atoms with Gasteiger partial charge in [0.25, 0.3) is 5.69 Å². The molecule has 0 aliphatic heterocycles. The summed E-state index contributed by atoms with van der Waals surface area (Å²) < 4.78 is 4.42. The lowest BCUT2D eigenvalue weighted by molar-refractivity contribution is -0.384. The van der Waals surface area contributed by atoms with Gasteiger partial charge in [-0.25, -0.2) is 0 Å². The first kappa shape index (κ1) is 11.0. The van der Waals surface area contributed by atoms with Crippen molar-refractivity contribution in [3.8, 4) is 0 Å². The van der Waals surface area contributed by atoms with Crippen LogP contribution in [0.3, 0.4) is 0 Å². The molecule has 0 spiro atoms. The van der Waals surface area contributed by atoms with Crippen LogP contribution in [0.5, 0.6) is 0 Å². The number of anilines is 1. The van der Waals surface area contributed by atoms with Crippen LogP contribution in [0.2, 0.25) is 0 Å². The summed E-state index contributed by atoms with van der Waals surface area (Å²) in [6.45, 7) is 0.0360. The molecular formula is C9H10N2O4. The number of nitro groups is 1. The second kappa shape index (κ2) is 4.94. The van der Waals surface area contributed by atoms with E-state index in [4.69, 9.17) is 0 Å². The molecule has 0 aliphatic rings. The minimum Gasteiger partial charge on any atom is -0.468 e. The lowest BCUT2D eigenvalue weighted by atomic mass is 10.3. The van der Waals surface area contributed by atoms with E-state index in [9.17, 15) is 14.9 Å². The minimum absolute atomic E-state index is 0.0126. The molecule has 0 heterocycles. The molecule has 6 nitrogen and oxygen atoms in total. The van der Waals surface area contributed by atoms with Crippen molar-refractivity contribution in [1.29, 1.82) is 0 Å². The number of nitro benzene ring substituents is 1. The molecule has 80 valence electrons. The molecule has 1 aromatic carbocycles. The van der Waals surface area contributed by atoms with E-state index in [0.29, 0.717) is 5.69 Å². The third kappa shape index (κ3) is 3.26. The fraction of sp³-hybridized carbons (Fsp3) is 0.222. The first-order valence-corrected chi connectivity index (χ1v) is 4.18. The van der Waals surface area contributed by atoms with Crippen LogP contribution >= 0.6 is 0 Å². The summed E-state index contributed by atoms with van der Waals surface area (Å²) in [5.74, 6) is -0.395. The highest BCUT2D eigenvalue weighted by molar-refractivity contribution is 5.74. The average Bonchev–Trinajstić information content (AvgIpc) is 2.26. The highest BCUT2D eigenvalue weighted by atomic mass is 16.6. The van der Waals surface area contributed by atoms with Crippen molar-refractivity contribution in [2.45, 2.75) is 0 Å². The van der Waals surface area contributed by atoms with Crippen molar-refractivity contribution in [2.75, 3.05) is 19.0 Å². The summed E-state index contributed by atoms with van der Waals surface area (Å²) >= 11 is 0. The molecule has 0 aromatic heterocycles. The van der Waals surface area contributed by atoms with E-state index >= 15 is 0 Å². The molecular weight excluding hydrogens is 200 g/mol. The summed E-state index contributed by atoms with van der Waals surface area (Å²) in [6, 6.07) is 5.78. The summed E-state index contributed by atoms with van der Waals surface area (Å²) in [6.07, 6.45) is 0. The molecule has 0 atom stereocenters. The zero-order valence-electron chi connectivity index (χ0n) is 8.10. The van der Waals surface area contributed by atoms with Gasteiger partial charge >= 0.3 is 5.97 Å². The predicted molar refractivity (Wildman–Crippen MR) is 53.6 cm³/mol. The Labute approximate surface area is 86.0 Å². The van der Waals surface area contributed by atoms with Crippen molar-refractivity contribution in [1.82, 2.24) is 0 Å². The molecule has 1 N–H and O–H groups in total. The van der Waals surface area contributed by atoms with E-state index in [1.807, 2.05) is 0 Å². The number of nitrogens with one attached hydrogen (secondary N) is 1. The van der Waals surface area contributed by atoms with E-state index in [0.717, 1.165) is 0 Å². The number of hydrogen-bond acceptors (Lipinski definition) is 5. The summed E-state index contributed by atoms with van der Waals surface area (Å²) in [4.78, 5) is 20.6. The molecule has 0 radical (unpaired) electrons. The van der Waals surface area contributed by atoms with Crippen molar-refractivity contribution in [3.05, 3.63) is 34.4 Å². The molecule has 0 bridgehead atoms. The van der Waals surface area contributed by atoms with Crippen molar-refractivity contribution in [3.63, 3.8) is 0 Å². The van der Waals surface area contributed by atoms with Crippen LogP contribution in [-0.4, -0.2) is 24.5 Å². The molecule has 0 saturated heterocycles. The van der Waals surface area contributed by atoms with Crippen molar-refractivity contribution < 1.29 is 14.5 Å². The van der Waals surface area contributed by atoms with Gasteiger partial charge in [-0.05, 0) is 12.1 Å². The van der Waals surface area contributed by atoms with Crippen molar-refractivity contribution >= 4 is 17.3 Å². The van der Waals surface area contributed by atoms with Gasteiger partial charge in [0.15, 0.2) is 0 Å². The molecule has 1 aromatic rings. The zero-order valence-corrected chi connectivity index (χ0v) is 8.10. The Balaban J connectivity index is 2.57. The standard InChI is InChI=1S/C9H10N2O4/c1-15-9(12)6-10-7-2-4-8(5-3-7)11(13)14/h2-5,10H,6H2,1H3. The number of methoxy groups -OCH3 is 1. The Hall–Kier alpha value is -2.11. The largest absolute Gasteiger partial charge is 0.468 e. The highest BCUT2D eigenvalue weighted by Crippen LogP contribution is 2.14. The monoisotopic (exact) mass is 210 g/mol. The number of non-ortho nitro benzene ring substituents is 1. The number of ether oxygens (including phenoxy) is 1. The number of nitrogens with zero attached hydrogens (tertiary/aromatic N) is 1. The zero-order chi connectivity index (χ0) is 11.3. The van der Waals surface area contributed by atoms with Gasteiger partial charge in [0.1, 0.15) is 6.54 Å². The lowest BCUT2D eigenvalue weighted by Crippen LogP contribution is -2.14. The molecule has 0 saturated carbocycles. The minimum atomic E-state index is -0.482. The molecule has 0 fully saturated rings. The van der Waals surface area contributed by atoms with Crippen molar-refractivity contribution in [2.24, 2.45) is 0 Å². The highest BCUT2D eigenvalue weighted by Gasteiger charge is 2.04. The first-order valence-electron chi connectivity index (χ1n) is 4.18. The Kier molecular flexibility index (Phi) is 3.61. The normalized spacial score (nSPS) is 9.40. The maximum Gasteiger partial charge on any atom is 0.325 e. The molecule has 0 aliphatic carbocycles. The third-order valence-corrected chi connectivity index (χ3v) is 1.74. The van der Waals surface area contributed by atoms with Gasteiger partial charge in [-0.1, -0.05) is 0 Å². The molecule has 15 heavy (non-hydrogen) atoms. The molecule has 1 rings (SSSR count). The van der Waals surface area contributed by atoms with Crippen LogP contribution in [-0.2, 0) is 9.53 Å². The van der Waals surface area contributed by atoms with Crippen LogP contribution in [0.4, 0.5) is 11.4 Å². The summed E-state index contributed by atoms with van der Waals surface area (Å²) in [5.41, 5.74) is 0.643.